The van der Waals surface area contributed by atoms with Crippen LogP contribution < -0.4 is 5.32 Å². The zero-order valence-corrected chi connectivity index (χ0v) is 18.8. The van der Waals surface area contributed by atoms with Gasteiger partial charge in [0.15, 0.2) is 11.0 Å². The van der Waals surface area contributed by atoms with Crippen molar-refractivity contribution in [2.24, 2.45) is 0 Å². The molecule has 3 aromatic carbocycles. The van der Waals surface area contributed by atoms with Crippen LogP contribution >= 0.6 is 35.0 Å². The first-order valence-corrected chi connectivity index (χ1v) is 11.2. The fraction of sp³-hybridized carbons (Fsp3) is 0.0435. The summed E-state index contributed by atoms with van der Waals surface area (Å²) in [5.74, 6) is 0.421. The molecule has 0 fully saturated rings. The molecule has 9 heteroatoms. The predicted molar refractivity (Wildman–Crippen MR) is 127 cm³/mol. The number of carbonyl (C=O) groups excluding carboxylic acids is 1. The molecule has 158 valence electrons. The molecule has 0 unspecified atom stereocenters. The molecule has 4 aromatic rings. The predicted octanol–water partition coefficient (Wildman–Crippen LogP) is 5.84. The Labute approximate surface area is 198 Å². The maximum absolute atomic E-state index is 12.6. The second-order valence-electron chi connectivity index (χ2n) is 6.62. The summed E-state index contributed by atoms with van der Waals surface area (Å²) in [5.41, 5.74) is 2.42. The standard InChI is InChI=1S/C23H15Cl2N5OS/c24-17-9-6-15(7-10-17)22-28-29-23(30(22)19-4-2-1-3-5-19)32-14-21(31)27-20-12-18(25)11-8-16(20)13-26/h1-12H,14H2,(H,27,31). The van der Waals surface area contributed by atoms with E-state index in [4.69, 9.17) is 23.2 Å². The molecule has 0 bridgehead atoms. The van der Waals surface area contributed by atoms with Crippen molar-refractivity contribution in [2.45, 2.75) is 5.16 Å². The van der Waals surface area contributed by atoms with Crippen molar-refractivity contribution in [3.05, 3.63) is 88.4 Å². The van der Waals surface area contributed by atoms with Crippen molar-refractivity contribution in [3.8, 4) is 23.1 Å². The molecule has 1 amide bonds. The summed E-state index contributed by atoms with van der Waals surface area (Å²) in [6.07, 6.45) is 0. The van der Waals surface area contributed by atoms with Crippen LogP contribution in [-0.2, 0) is 4.79 Å². The molecule has 0 radical (unpaired) electrons. The van der Waals surface area contributed by atoms with Crippen molar-refractivity contribution in [2.75, 3.05) is 11.1 Å². The van der Waals surface area contributed by atoms with Crippen molar-refractivity contribution >= 4 is 46.6 Å². The number of hydrogen-bond acceptors (Lipinski definition) is 5. The van der Waals surface area contributed by atoms with E-state index in [1.165, 1.54) is 11.8 Å². The first kappa shape index (κ1) is 21.9. The van der Waals surface area contributed by atoms with Gasteiger partial charge in [-0.15, -0.1) is 10.2 Å². The van der Waals surface area contributed by atoms with Crippen molar-refractivity contribution in [1.82, 2.24) is 14.8 Å². The highest BCUT2D eigenvalue weighted by molar-refractivity contribution is 7.99. The molecule has 6 nitrogen and oxygen atoms in total. The van der Waals surface area contributed by atoms with Gasteiger partial charge in [0.05, 0.1) is 17.0 Å². The van der Waals surface area contributed by atoms with E-state index in [2.05, 4.69) is 15.5 Å². The van der Waals surface area contributed by atoms with Crippen LogP contribution in [0.1, 0.15) is 5.56 Å². The van der Waals surface area contributed by atoms with Gasteiger partial charge in [-0.05, 0) is 54.6 Å². The minimum Gasteiger partial charge on any atom is -0.324 e. The number of halogens is 2. The van der Waals surface area contributed by atoms with E-state index in [0.29, 0.717) is 32.3 Å². The monoisotopic (exact) mass is 479 g/mol. The molecule has 0 aliphatic rings. The molecule has 0 atom stereocenters. The van der Waals surface area contributed by atoms with Crippen molar-refractivity contribution < 1.29 is 4.79 Å². The van der Waals surface area contributed by atoms with Crippen LogP contribution in [0.4, 0.5) is 5.69 Å². The summed E-state index contributed by atoms with van der Waals surface area (Å²) in [4.78, 5) is 12.6. The Hall–Kier alpha value is -3.31. The van der Waals surface area contributed by atoms with Gasteiger partial charge in [-0.2, -0.15) is 5.26 Å². The number of benzene rings is 3. The minimum absolute atomic E-state index is 0.0724. The average Bonchev–Trinajstić information content (AvgIpc) is 3.23. The van der Waals surface area contributed by atoms with Gasteiger partial charge in [0.2, 0.25) is 5.91 Å². The molecule has 0 saturated carbocycles. The lowest BCUT2D eigenvalue weighted by Crippen LogP contribution is -2.15. The van der Waals surface area contributed by atoms with Gasteiger partial charge in [-0.1, -0.05) is 53.2 Å². The number of amides is 1. The largest absolute Gasteiger partial charge is 0.324 e. The summed E-state index contributed by atoms with van der Waals surface area (Å²) in [7, 11) is 0. The average molecular weight is 480 g/mol. The van der Waals surface area contributed by atoms with E-state index >= 15 is 0 Å². The summed E-state index contributed by atoms with van der Waals surface area (Å²) in [6, 6.07) is 23.7. The van der Waals surface area contributed by atoms with Gasteiger partial charge >= 0.3 is 0 Å². The van der Waals surface area contributed by atoms with Gasteiger partial charge in [0, 0.05) is 21.3 Å². The Morgan fingerprint density at radius 2 is 1.72 bits per heavy atom. The Kier molecular flexibility index (Phi) is 6.76. The van der Waals surface area contributed by atoms with Gasteiger partial charge in [-0.3, -0.25) is 9.36 Å². The van der Waals surface area contributed by atoms with E-state index in [0.717, 1.165) is 11.3 Å². The fourth-order valence-corrected chi connectivity index (χ4v) is 4.04. The quantitative estimate of drug-likeness (QED) is 0.351. The van der Waals surface area contributed by atoms with Crippen molar-refractivity contribution in [3.63, 3.8) is 0 Å². The molecule has 0 aliphatic carbocycles. The van der Waals surface area contributed by atoms with E-state index in [-0.39, 0.29) is 11.7 Å². The van der Waals surface area contributed by atoms with E-state index in [1.807, 2.05) is 53.1 Å². The van der Waals surface area contributed by atoms with Crippen LogP contribution in [0.15, 0.2) is 78.0 Å². The first-order valence-electron chi connectivity index (χ1n) is 9.44. The van der Waals surface area contributed by atoms with E-state index in [9.17, 15) is 10.1 Å². The number of carbonyl (C=O) groups is 1. The van der Waals surface area contributed by atoms with Gasteiger partial charge in [-0.25, -0.2) is 0 Å². The fourth-order valence-electron chi connectivity index (χ4n) is 2.99. The number of para-hydroxylation sites is 1. The zero-order chi connectivity index (χ0) is 22.5. The van der Waals surface area contributed by atoms with Crippen LogP contribution in [0.5, 0.6) is 0 Å². The van der Waals surface area contributed by atoms with Crippen LogP contribution in [0.3, 0.4) is 0 Å². The third kappa shape index (κ3) is 4.94. The minimum atomic E-state index is -0.288. The molecular weight excluding hydrogens is 465 g/mol. The van der Waals surface area contributed by atoms with Crippen LogP contribution in [0, 0.1) is 11.3 Å². The summed E-state index contributed by atoms with van der Waals surface area (Å²) in [6.45, 7) is 0. The SMILES string of the molecule is N#Cc1ccc(Cl)cc1NC(=O)CSc1nnc(-c2ccc(Cl)cc2)n1-c1ccccc1. The van der Waals surface area contributed by atoms with Crippen LogP contribution in [-0.4, -0.2) is 26.4 Å². The highest BCUT2D eigenvalue weighted by atomic mass is 35.5. The molecule has 0 aliphatic heterocycles. The number of hydrogen-bond donors (Lipinski definition) is 1. The smallest absolute Gasteiger partial charge is 0.234 e. The topological polar surface area (TPSA) is 83.6 Å². The molecule has 32 heavy (non-hydrogen) atoms. The van der Waals surface area contributed by atoms with E-state index < -0.39 is 0 Å². The second-order valence-corrected chi connectivity index (χ2v) is 8.44. The summed E-state index contributed by atoms with van der Waals surface area (Å²) < 4.78 is 1.89. The highest BCUT2D eigenvalue weighted by Crippen LogP contribution is 2.29. The maximum Gasteiger partial charge on any atom is 0.234 e. The van der Waals surface area contributed by atoms with E-state index in [1.54, 1.807) is 30.3 Å². The van der Waals surface area contributed by atoms with Crippen LogP contribution in [0.2, 0.25) is 10.0 Å². The van der Waals surface area contributed by atoms with Crippen molar-refractivity contribution in [1.29, 1.82) is 5.26 Å². The number of rotatable bonds is 6. The second kappa shape index (κ2) is 9.88. The third-order valence-electron chi connectivity index (χ3n) is 4.46. The third-order valence-corrected chi connectivity index (χ3v) is 5.87. The summed E-state index contributed by atoms with van der Waals surface area (Å²) in [5, 5.41) is 22.3. The van der Waals surface area contributed by atoms with Gasteiger partial charge < -0.3 is 5.32 Å². The summed E-state index contributed by atoms with van der Waals surface area (Å²) >= 11 is 13.3. The molecule has 1 N–H and O–H groups in total. The number of nitriles is 1. The Balaban J connectivity index is 1.59. The maximum atomic E-state index is 12.6. The molecule has 4 rings (SSSR count). The number of nitrogens with zero attached hydrogens (tertiary/aromatic N) is 4. The lowest BCUT2D eigenvalue weighted by atomic mass is 10.2. The number of nitrogens with one attached hydrogen (secondary N) is 1. The number of thioether (sulfide) groups is 1. The molecule has 0 saturated heterocycles. The Morgan fingerprint density at radius 1 is 1.00 bits per heavy atom. The zero-order valence-electron chi connectivity index (χ0n) is 16.5. The number of aromatic nitrogens is 3. The molecular formula is C23H15Cl2N5OS. The normalized spacial score (nSPS) is 10.5. The lowest BCUT2D eigenvalue weighted by Gasteiger charge is -2.11. The molecule has 1 heterocycles. The van der Waals surface area contributed by atoms with Crippen LogP contribution in [0.25, 0.3) is 17.1 Å². The van der Waals surface area contributed by atoms with Gasteiger partial charge in [0.1, 0.15) is 6.07 Å². The first-order chi connectivity index (χ1) is 15.5. The molecule has 1 aromatic heterocycles. The lowest BCUT2D eigenvalue weighted by molar-refractivity contribution is -0.113. The Bertz CT molecular complexity index is 1300. The van der Waals surface area contributed by atoms with Gasteiger partial charge in [0.25, 0.3) is 0 Å². The highest BCUT2D eigenvalue weighted by Gasteiger charge is 2.18. The number of anilines is 1. The Morgan fingerprint density at radius 3 is 2.44 bits per heavy atom. The molecule has 0 spiro atoms.